The zero-order chi connectivity index (χ0) is 24.3. The average Bonchev–Trinajstić information content (AvgIpc) is 3.15. The molecule has 3 rings (SSSR count). The van der Waals surface area contributed by atoms with Crippen LogP contribution < -0.4 is 34.7 Å². The molecule has 176 valence electrons. The summed E-state index contributed by atoms with van der Waals surface area (Å²) in [7, 11) is 0. The number of halogens is 1. The van der Waals surface area contributed by atoms with Gasteiger partial charge in [-0.3, -0.25) is 0 Å². The molecule has 0 aliphatic rings. The first kappa shape index (κ1) is 28.6. The van der Waals surface area contributed by atoms with Gasteiger partial charge < -0.3 is 20.1 Å². The minimum absolute atomic E-state index is 0. The number of hydrogen-bond donors (Lipinski definition) is 2. The third-order valence-electron chi connectivity index (χ3n) is 5.42. The number of nitrogens with zero attached hydrogens (tertiary/aromatic N) is 1. The molecular formula is C26H29FNNaO4S. The van der Waals surface area contributed by atoms with Crippen LogP contribution in [-0.2, 0) is 4.79 Å². The van der Waals surface area contributed by atoms with Crippen molar-refractivity contribution >= 4 is 33.6 Å². The minimum Gasteiger partial charge on any atom is -0.550 e. The van der Waals surface area contributed by atoms with Crippen LogP contribution in [0.25, 0.3) is 27.4 Å². The number of fused-ring (bicyclic) bond motifs is 1. The number of hydrogen-bond acceptors (Lipinski definition) is 6. The number of aromatic nitrogens is 1. The molecule has 0 saturated heterocycles. The zero-order valence-corrected chi connectivity index (χ0v) is 23.0. The Morgan fingerprint density at radius 1 is 1.15 bits per heavy atom. The normalized spacial score (nSPS) is 13.6. The second-order valence-corrected chi connectivity index (χ2v) is 9.92. The van der Waals surface area contributed by atoms with E-state index in [0.717, 1.165) is 32.6 Å². The van der Waals surface area contributed by atoms with E-state index in [1.54, 1.807) is 29.5 Å². The number of benzene rings is 1. The fourth-order valence-electron chi connectivity index (χ4n) is 3.77. The molecule has 0 unspecified atom stereocenters. The minimum atomic E-state index is -1.37. The van der Waals surface area contributed by atoms with Gasteiger partial charge in [0.05, 0.1) is 17.9 Å². The molecule has 0 radical (unpaired) electrons. The summed E-state index contributed by atoms with van der Waals surface area (Å²) in [5.74, 6) is -1.28. The van der Waals surface area contributed by atoms with E-state index in [-0.39, 0.29) is 47.7 Å². The molecule has 2 N–H and O–H groups in total. The van der Waals surface area contributed by atoms with Crippen molar-refractivity contribution in [3.8, 4) is 11.1 Å². The Hall–Kier alpha value is -1.61. The third kappa shape index (κ3) is 6.97. The number of rotatable bonds is 9. The summed E-state index contributed by atoms with van der Waals surface area (Å²) < 4.78 is 13.7. The Balaban J connectivity index is 0.00000408. The first-order valence-corrected chi connectivity index (χ1v) is 11.9. The van der Waals surface area contributed by atoms with E-state index in [1.165, 1.54) is 23.1 Å². The largest absolute Gasteiger partial charge is 1.00 e. The van der Waals surface area contributed by atoms with Gasteiger partial charge in [0.1, 0.15) is 10.6 Å². The van der Waals surface area contributed by atoms with E-state index in [4.69, 9.17) is 4.98 Å². The number of carbonyl (C=O) groups excluding carboxylic acids is 1. The van der Waals surface area contributed by atoms with E-state index >= 15 is 0 Å². The van der Waals surface area contributed by atoms with Gasteiger partial charge in [0.15, 0.2) is 0 Å². The predicted octanol–water partition coefficient (Wildman–Crippen LogP) is 1.62. The molecule has 0 amide bonds. The average molecular weight is 494 g/mol. The van der Waals surface area contributed by atoms with Crippen LogP contribution >= 0.6 is 11.3 Å². The van der Waals surface area contributed by atoms with Crippen molar-refractivity contribution in [3.63, 3.8) is 0 Å². The van der Waals surface area contributed by atoms with Crippen molar-refractivity contribution < 1.29 is 54.1 Å². The van der Waals surface area contributed by atoms with E-state index in [0.29, 0.717) is 5.92 Å². The molecule has 2 atom stereocenters. The monoisotopic (exact) mass is 493 g/mol. The Morgan fingerprint density at radius 3 is 2.35 bits per heavy atom. The molecule has 0 bridgehead atoms. The molecule has 8 heteroatoms. The fourth-order valence-corrected chi connectivity index (χ4v) is 4.82. The molecule has 0 aliphatic carbocycles. The summed E-state index contributed by atoms with van der Waals surface area (Å²) >= 11 is 1.64. The van der Waals surface area contributed by atoms with Crippen molar-refractivity contribution in [2.45, 2.75) is 64.6 Å². The second kappa shape index (κ2) is 12.4. The first-order valence-electron chi connectivity index (χ1n) is 11.0. The third-order valence-corrected chi connectivity index (χ3v) is 6.75. The number of aliphatic carboxylic acids is 1. The Labute approximate surface area is 225 Å². The quantitative estimate of drug-likeness (QED) is 0.442. The Kier molecular flexibility index (Phi) is 10.4. The van der Waals surface area contributed by atoms with Crippen LogP contribution in [0.1, 0.15) is 68.5 Å². The van der Waals surface area contributed by atoms with Crippen LogP contribution in [0.3, 0.4) is 0 Å². The summed E-state index contributed by atoms with van der Waals surface area (Å²) in [5.41, 5.74) is 3.40. The van der Waals surface area contributed by atoms with Gasteiger partial charge >= 0.3 is 29.6 Å². The molecule has 5 nitrogen and oxygen atoms in total. The smallest absolute Gasteiger partial charge is 0.550 e. The van der Waals surface area contributed by atoms with Gasteiger partial charge in [0.25, 0.3) is 0 Å². The number of aliphatic hydroxyl groups is 2. The number of aliphatic hydroxyl groups excluding tert-OH is 2. The van der Waals surface area contributed by atoms with Crippen molar-refractivity contribution in [1.29, 1.82) is 0 Å². The Morgan fingerprint density at radius 2 is 1.79 bits per heavy atom. The molecule has 0 spiro atoms. The maximum Gasteiger partial charge on any atom is 1.00 e. The van der Waals surface area contributed by atoms with Gasteiger partial charge in [0.2, 0.25) is 0 Å². The van der Waals surface area contributed by atoms with Gasteiger partial charge in [-0.05, 0) is 35.6 Å². The first-order chi connectivity index (χ1) is 15.6. The van der Waals surface area contributed by atoms with Gasteiger partial charge in [-0.25, -0.2) is 9.37 Å². The SMILES string of the molecule is CC(C)c1cc2c(-c3ccc(F)cc3)c(/C=C/[C@@H](O)C[C@@H](O)CC(=O)[O-])c(C(C)C)nc2s1.[Na+]. The summed E-state index contributed by atoms with van der Waals surface area (Å²) in [6.45, 7) is 8.33. The van der Waals surface area contributed by atoms with Crippen LogP contribution in [0.5, 0.6) is 0 Å². The standard InChI is InChI=1S/C26H30FNO4S.Na/c1-14(2)22-13-21-24(16-5-7-17(27)8-6-16)20(25(15(3)4)28-26(21)33-22)10-9-18(29)11-19(30)12-23(31)32;/h5-10,13-15,18-19,29-30H,11-12H2,1-4H3,(H,31,32);/q;+1/p-1/b10-9+;/t18-,19-;/m1./s1. The molecule has 2 heterocycles. The topological polar surface area (TPSA) is 93.5 Å². The number of carboxylic acids is 1. The molecule has 0 saturated carbocycles. The van der Waals surface area contributed by atoms with Gasteiger partial charge in [-0.2, -0.15) is 0 Å². The van der Waals surface area contributed by atoms with Crippen LogP contribution in [0, 0.1) is 5.82 Å². The Bertz CT molecular complexity index is 1160. The maximum absolute atomic E-state index is 13.7. The number of carboxylic acid groups (broad SMARTS) is 1. The fraction of sp³-hybridized carbons (Fsp3) is 0.385. The molecule has 1 aromatic carbocycles. The summed E-state index contributed by atoms with van der Waals surface area (Å²) in [5, 5.41) is 31.9. The summed E-state index contributed by atoms with van der Waals surface area (Å²) in [6.07, 6.45) is 0.383. The molecular weight excluding hydrogens is 464 g/mol. The number of pyridine rings is 1. The second-order valence-electron chi connectivity index (χ2n) is 8.86. The summed E-state index contributed by atoms with van der Waals surface area (Å²) in [6, 6.07) is 8.43. The molecule has 3 aromatic rings. The van der Waals surface area contributed by atoms with Crippen LogP contribution in [0.4, 0.5) is 4.39 Å². The molecule has 34 heavy (non-hydrogen) atoms. The van der Waals surface area contributed by atoms with Gasteiger partial charge in [0, 0.05) is 40.2 Å². The molecule has 0 aliphatic heterocycles. The van der Waals surface area contributed by atoms with E-state index in [1.807, 2.05) is 13.8 Å². The molecule has 2 aromatic heterocycles. The predicted molar refractivity (Wildman–Crippen MR) is 128 cm³/mol. The number of carbonyl (C=O) groups is 1. The van der Waals surface area contributed by atoms with Gasteiger partial charge in [-0.15, -0.1) is 11.3 Å². The zero-order valence-electron chi connectivity index (χ0n) is 20.2. The van der Waals surface area contributed by atoms with Gasteiger partial charge in [-0.1, -0.05) is 52.0 Å². The van der Waals surface area contributed by atoms with Crippen LogP contribution in [-0.4, -0.2) is 33.4 Å². The van der Waals surface area contributed by atoms with Crippen LogP contribution in [0.15, 0.2) is 36.4 Å². The molecule has 0 fully saturated rings. The summed E-state index contributed by atoms with van der Waals surface area (Å²) in [4.78, 5) is 17.7. The van der Waals surface area contributed by atoms with Crippen molar-refractivity contribution in [2.75, 3.05) is 0 Å². The maximum atomic E-state index is 13.7. The number of thiophene rings is 1. The van der Waals surface area contributed by atoms with Crippen molar-refractivity contribution in [3.05, 3.63) is 58.4 Å². The van der Waals surface area contributed by atoms with Crippen LogP contribution in [0.2, 0.25) is 0 Å². The van der Waals surface area contributed by atoms with E-state index in [9.17, 15) is 24.5 Å². The van der Waals surface area contributed by atoms with E-state index in [2.05, 4.69) is 19.9 Å². The van der Waals surface area contributed by atoms with E-state index < -0.39 is 24.6 Å². The van der Waals surface area contributed by atoms with Crippen molar-refractivity contribution in [2.24, 2.45) is 0 Å². The van der Waals surface area contributed by atoms with Crippen molar-refractivity contribution in [1.82, 2.24) is 4.98 Å².